The summed E-state index contributed by atoms with van der Waals surface area (Å²) in [7, 11) is 1.64. The van der Waals surface area contributed by atoms with Crippen molar-refractivity contribution in [3.05, 3.63) is 4.88 Å². The van der Waals surface area contributed by atoms with Crippen molar-refractivity contribution in [3.63, 3.8) is 0 Å². The lowest BCUT2D eigenvalue weighted by atomic mass is 9.82. The first kappa shape index (κ1) is 16.0. The van der Waals surface area contributed by atoms with Crippen molar-refractivity contribution in [2.24, 2.45) is 5.41 Å². The summed E-state index contributed by atoms with van der Waals surface area (Å²) in [5.74, 6) is 0.315. The molecular formula is C14H24N4O2S. The van der Waals surface area contributed by atoms with Gasteiger partial charge in [-0.3, -0.25) is 4.79 Å². The Labute approximate surface area is 129 Å². The molecule has 0 aliphatic carbocycles. The van der Waals surface area contributed by atoms with Gasteiger partial charge in [-0.2, -0.15) is 0 Å². The number of thiazole rings is 1. The maximum atomic E-state index is 12.5. The van der Waals surface area contributed by atoms with E-state index >= 15 is 0 Å². The van der Waals surface area contributed by atoms with Crippen molar-refractivity contribution < 1.29 is 9.53 Å². The highest BCUT2D eigenvalue weighted by Crippen LogP contribution is 2.32. The number of carbonyl (C=O) groups excluding carboxylic acids is 1. The van der Waals surface area contributed by atoms with Crippen LogP contribution in [-0.2, 0) is 4.74 Å². The number of likely N-dealkylation sites (tertiary alicyclic amines) is 1. The minimum atomic E-state index is 0.000270. The van der Waals surface area contributed by atoms with E-state index < -0.39 is 0 Å². The molecule has 0 saturated carbocycles. The largest absolute Gasteiger partial charge is 0.383 e. The molecule has 2 rings (SSSR count). The average molecular weight is 312 g/mol. The van der Waals surface area contributed by atoms with Crippen LogP contribution < -0.4 is 11.1 Å². The van der Waals surface area contributed by atoms with Crippen LogP contribution in [0.1, 0.15) is 36.4 Å². The first-order valence-electron chi connectivity index (χ1n) is 7.21. The molecule has 0 spiro atoms. The number of ether oxygens (including phenoxy) is 1. The molecule has 0 atom stereocenters. The number of nitrogens with one attached hydrogen (secondary N) is 1. The minimum Gasteiger partial charge on any atom is -0.383 e. The molecule has 1 aliphatic rings. The Morgan fingerprint density at radius 1 is 1.48 bits per heavy atom. The summed E-state index contributed by atoms with van der Waals surface area (Å²) in [6, 6.07) is 0. The lowest BCUT2D eigenvalue weighted by molar-refractivity contribution is 0.0636. The zero-order chi connectivity index (χ0) is 15.5. The van der Waals surface area contributed by atoms with E-state index in [1.54, 1.807) is 7.11 Å². The van der Waals surface area contributed by atoms with Gasteiger partial charge in [-0.05, 0) is 18.3 Å². The number of carbonyl (C=O) groups is 1. The molecule has 0 bridgehead atoms. The van der Waals surface area contributed by atoms with E-state index in [4.69, 9.17) is 10.5 Å². The number of rotatable bonds is 5. The van der Waals surface area contributed by atoms with E-state index in [-0.39, 0.29) is 5.91 Å². The van der Waals surface area contributed by atoms with Crippen LogP contribution >= 0.6 is 11.3 Å². The van der Waals surface area contributed by atoms with Gasteiger partial charge in [-0.25, -0.2) is 4.98 Å². The Hall–Kier alpha value is -1.34. The fourth-order valence-corrected chi connectivity index (χ4v) is 3.16. The van der Waals surface area contributed by atoms with Crippen LogP contribution in [0.2, 0.25) is 0 Å². The second kappa shape index (κ2) is 6.62. The smallest absolute Gasteiger partial charge is 0.267 e. The number of nitrogen functional groups attached to an aromatic ring is 1. The number of hydrogen-bond donors (Lipinski definition) is 2. The molecule has 1 fully saturated rings. The van der Waals surface area contributed by atoms with Crippen LogP contribution in [0.3, 0.4) is 0 Å². The molecule has 1 aliphatic heterocycles. The third-order valence-corrected chi connectivity index (χ3v) is 4.85. The number of hydrogen-bond acceptors (Lipinski definition) is 6. The number of amides is 1. The van der Waals surface area contributed by atoms with Gasteiger partial charge in [-0.15, -0.1) is 0 Å². The van der Waals surface area contributed by atoms with E-state index in [1.165, 1.54) is 11.3 Å². The van der Waals surface area contributed by atoms with Crippen molar-refractivity contribution in [2.75, 3.05) is 44.4 Å². The van der Waals surface area contributed by atoms with Crippen LogP contribution in [0.4, 0.5) is 10.9 Å². The van der Waals surface area contributed by atoms with E-state index in [2.05, 4.69) is 24.1 Å². The number of methoxy groups -OCH3 is 1. The predicted octanol–water partition coefficient (Wildman–Crippen LogP) is 2.05. The summed E-state index contributed by atoms with van der Waals surface area (Å²) in [6.07, 6.45) is 2.05. The molecule has 118 valence electrons. The summed E-state index contributed by atoms with van der Waals surface area (Å²) in [4.78, 5) is 19.2. The highest BCUT2D eigenvalue weighted by atomic mass is 32.1. The van der Waals surface area contributed by atoms with Gasteiger partial charge in [0, 0.05) is 26.7 Å². The number of nitrogens with zero attached hydrogens (tertiary/aromatic N) is 2. The highest BCUT2D eigenvalue weighted by Gasteiger charge is 2.30. The topological polar surface area (TPSA) is 80.5 Å². The van der Waals surface area contributed by atoms with Crippen molar-refractivity contribution >= 4 is 28.2 Å². The fourth-order valence-electron chi connectivity index (χ4n) is 2.28. The molecule has 0 unspecified atom stereocenters. The maximum Gasteiger partial charge on any atom is 0.267 e. The molecule has 1 amide bonds. The zero-order valence-electron chi connectivity index (χ0n) is 12.9. The SMILES string of the molecule is COCCNc1nc(N)c(C(=O)N2CCC(C)(C)CC2)s1. The Kier molecular flexibility index (Phi) is 5.05. The molecule has 0 radical (unpaired) electrons. The van der Waals surface area contributed by atoms with Crippen molar-refractivity contribution in [1.82, 2.24) is 9.88 Å². The second-order valence-corrected chi connectivity index (χ2v) is 7.11. The number of piperidine rings is 1. The van der Waals surface area contributed by atoms with Gasteiger partial charge >= 0.3 is 0 Å². The molecule has 1 saturated heterocycles. The fraction of sp³-hybridized carbons (Fsp3) is 0.714. The van der Waals surface area contributed by atoms with Crippen molar-refractivity contribution in [2.45, 2.75) is 26.7 Å². The second-order valence-electron chi connectivity index (χ2n) is 6.11. The summed E-state index contributed by atoms with van der Waals surface area (Å²) >= 11 is 1.32. The minimum absolute atomic E-state index is 0.000270. The Bertz CT molecular complexity index is 491. The first-order chi connectivity index (χ1) is 9.93. The highest BCUT2D eigenvalue weighted by molar-refractivity contribution is 7.18. The predicted molar refractivity (Wildman–Crippen MR) is 85.8 cm³/mol. The molecule has 6 nitrogen and oxygen atoms in total. The molecular weight excluding hydrogens is 288 g/mol. The molecule has 1 aromatic rings. The summed E-state index contributed by atoms with van der Waals surface area (Å²) < 4.78 is 4.97. The monoisotopic (exact) mass is 312 g/mol. The normalized spacial score (nSPS) is 17.8. The Morgan fingerprint density at radius 2 is 2.14 bits per heavy atom. The van der Waals surface area contributed by atoms with Gasteiger partial charge in [0.1, 0.15) is 10.7 Å². The van der Waals surface area contributed by atoms with Gasteiger partial charge in [0.05, 0.1) is 6.61 Å². The van der Waals surface area contributed by atoms with Gasteiger partial charge in [0.2, 0.25) is 0 Å². The van der Waals surface area contributed by atoms with Crippen LogP contribution in [0.5, 0.6) is 0 Å². The van der Waals surface area contributed by atoms with E-state index in [9.17, 15) is 4.79 Å². The van der Waals surface area contributed by atoms with Crippen LogP contribution in [0.25, 0.3) is 0 Å². The molecule has 21 heavy (non-hydrogen) atoms. The van der Waals surface area contributed by atoms with Crippen LogP contribution in [0.15, 0.2) is 0 Å². The van der Waals surface area contributed by atoms with E-state index in [1.807, 2.05) is 4.90 Å². The van der Waals surface area contributed by atoms with E-state index in [0.717, 1.165) is 25.9 Å². The third-order valence-electron chi connectivity index (χ3n) is 3.83. The number of anilines is 2. The molecule has 2 heterocycles. The molecule has 1 aromatic heterocycles. The first-order valence-corrected chi connectivity index (χ1v) is 8.03. The zero-order valence-corrected chi connectivity index (χ0v) is 13.8. The van der Waals surface area contributed by atoms with Gasteiger partial charge in [-0.1, -0.05) is 25.2 Å². The average Bonchev–Trinajstić information content (AvgIpc) is 2.79. The lowest BCUT2D eigenvalue weighted by Gasteiger charge is -2.36. The molecule has 7 heteroatoms. The molecule has 3 N–H and O–H groups in total. The summed E-state index contributed by atoms with van der Waals surface area (Å²) in [5, 5.41) is 3.78. The standard InChI is InChI=1S/C14H24N4O2S/c1-14(2)4-7-18(8-5-14)12(19)10-11(15)17-13(21-10)16-6-9-20-3/h4-9,15H2,1-3H3,(H,16,17). The Balaban J connectivity index is 1.99. The lowest BCUT2D eigenvalue weighted by Crippen LogP contribution is -2.41. The summed E-state index contributed by atoms with van der Waals surface area (Å²) in [5.41, 5.74) is 6.21. The maximum absolute atomic E-state index is 12.5. The van der Waals surface area contributed by atoms with Crippen LogP contribution in [0, 0.1) is 5.41 Å². The van der Waals surface area contributed by atoms with E-state index in [0.29, 0.717) is 34.4 Å². The number of nitrogens with two attached hydrogens (primary N) is 1. The van der Waals surface area contributed by atoms with Crippen molar-refractivity contribution in [1.29, 1.82) is 0 Å². The van der Waals surface area contributed by atoms with Gasteiger partial charge in [0.25, 0.3) is 5.91 Å². The summed E-state index contributed by atoms with van der Waals surface area (Å²) in [6.45, 7) is 7.30. The Morgan fingerprint density at radius 3 is 2.76 bits per heavy atom. The van der Waals surface area contributed by atoms with Crippen molar-refractivity contribution in [3.8, 4) is 0 Å². The van der Waals surface area contributed by atoms with Gasteiger partial charge < -0.3 is 20.7 Å². The van der Waals surface area contributed by atoms with Crippen LogP contribution in [-0.4, -0.2) is 49.1 Å². The van der Waals surface area contributed by atoms with Gasteiger partial charge in [0.15, 0.2) is 5.13 Å². The molecule has 0 aromatic carbocycles. The number of aromatic nitrogens is 1. The third kappa shape index (κ3) is 4.07. The quantitative estimate of drug-likeness (QED) is 0.813.